The van der Waals surface area contributed by atoms with Crippen LogP contribution in [-0.4, -0.2) is 29.8 Å². The van der Waals surface area contributed by atoms with E-state index in [1.54, 1.807) is 24.3 Å². The molecule has 0 aliphatic carbocycles. The molecule has 0 heterocycles. The lowest BCUT2D eigenvalue weighted by atomic mass is 10.1. The summed E-state index contributed by atoms with van der Waals surface area (Å²) in [5.74, 6) is -0.146. The lowest BCUT2D eigenvalue weighted by Crippen LogP contribution is -2.32. The largest absolute Gasteiger partial charge is 0.339 e. The average molecular weight is 352 g/mol. The van der Waals surface area contributed by atoms with Crippen molar-refractivity contribution in [1.29, 1.82) is 0 Å². The van der Waals surface area contributed by atoms with Crippen molar-refractivity contribution in [2.45, 2.75) is 40.5 Å². The van der Waals surface area contributed by atoms with Crippen molar-refractivity contribution < 1.29 is 9.59 Å². The van der Waals surface area contributed by atoms with Crippen LogP contribution in [0.15, 0.2) is 42.5 Å². The predicted molar refractivity (Wildman–Crippen MR) is 107 cm³/mol. The molecular formula is C22H28N2O2. The van der Waals surface area contributed by atoms with Crippen LogP contribution in [-0.2, 0) is 0 Å². The van der Waals surface area contributed by atoms with Gasteiger partial charge in [-0.15, -0.1) is 0 Å². The molecule has 2 amide bonds. The molecule has 0 saturated carbocycles. The van der Waals surface area contributed by atoms with Gasteiger partial charge in [0.25, 0.3) is 11.8 Å². The number of amides is 2. The molecule has 0 fully saturated rings. The molecule has 2 aromatic carbocycles. The van der Waals surface area contributed by atoms with Crippen LogP contribution in [0.25, 0.3) is 0 Å². The zero-order valence-corrected chi connectivity index (χ0v) is 16.1. The van der Waals surface area contributed by atoms with Crippen molar-refractivity contribution in [2.24, 2.45) is 0 Å². The molecule has 0 bridgehead atoms. The average Bonchev–Trinajstić information content (AvgIpc) is 2.64. The van der Waals surface area contributed by atoms with Gasteiger partial charge >= 0.3 is 0 Å². The number of anilines is 1. The molecule has 2 aromatic rings. The van der Waals surface area contributed by atoms with Gasteiger partial charge in [0.05, 0.1) is 0 Å². The molecule has 138 valence electrons. The van der Waals surface area contributed by atoms with E-state index < -0.39 is 0 Å². The highest BCUT2D eigenvalue weighted by molar-refractivity contribution is 6.05. The molecular weight excluding hydrogens is 324 g/mol. The highest BCUT2D eigenvalue weighted by Gasteiger charge is 2.15. The maximum absolute atomic E-state index is 12.6. The van der Waals surface area contributed by atoms with Gasteiger partial charge in [-0.05, 0) is 68.1 Å². The van der Waals surface area contributed by atoms with Crippen LogP contribution < -0.4 is 5.32 Å². The fraction of sp³-hybridized carbons (Fsp3) is 0.364. The summed E-state index contributed by atoms with van der Waals surface area (Å²) in [4.78, 5) is 27.0. The first-order valence-corrected chi connectivity index (χ1v) is 9.24. The predicted octanol–water partition coefficient (Wildman–Crippen LogP) is 4.82. The number of hydrogen-bond acceptors (Lipinski definition) is 2. The van der Waals surface area contributed by atoms with Gasteiger partial charge in [0.15, 0.2) is 0 Å². The van der Waals surface area contributed by atoms with Gasteiger partial charge in [-0.2, -0.15) is 0 Å². The monoisotopic (exact) mass is 352 g/mol. The van der Waals surface area contributed by atoms with E-state index in [1.807, 2.05) is 36.9 Å². The fourth-order valence-corrected chi connectivity index (χ4v) is 2.87. The fourth-order valence-electron chi connectivity index (χ4n) is 2.87. The Kier molecular flexibility index (Phi) is 6.96. The summed E-state index contributed by atoms with van der Waals surface area (Å²) in [6, 6.07) is 12.9. The number of benzene rings is 2. The third-order valence-electron chi connectivity index (χ3n) is 4.31. The second kappa shape index (κ2) is 9.18. The Balaban J connectivity index is 2.11. The van der Waals surface area contributed by atoms with E-state index in [-0.39, 0.29) is 11.8 Å². The summed E-state index contributed by atoms with van der Waals surface area (Å²) in [5, 5.41) is 2.95. The van der Waals surface area contributed by atoms with E-state index in [0.717, 1.165) is 42.7 Å². The van der Waals surface area contributed by atoms with Gasteiger partial charge in [-0.1, -0.05) is 26.0 Å². The Morgan fingerprint density at radius 1 is 0.885 bits per heavy atom. The molecule has 0 saturated heterocycles. The minimum atomic E-state index is -0.170. The maximum Gasteiger partial charge on any atom is 0.255 e. The molecule has 4 heteroatoms. The van der Waals surface area contributed by atoms with Gasteiger partial charge in [0.2, 0.25) is 0 Å². The molecule has 0 atom stereocenters. The van der Waals surface area contributed by atoms with Crippen molar-refractivity contribution in [3.63, 3.8) is 0 Å². The van der Waals surface area contributed by atoms with Crippen LogP contribution in [0.3, 0.4) is 0 Å². The van der Waals surface area contributed by atoms with Gasteiger partial charge in [-0.3, -0.25) is 9.59 Å². The number of carbonyl (C=O) groups is 2. The summed E-state index contributed by atoms with van der Waals surface area (Å²) < 4.78 is 0. The number of hydrogen-bond donors (Lipinski definition) is 1. The molecule has 0 aliphatic rings. The SMILES string of the molecule is CCCN(CCC)C(=O)c1ccc(C(=O)Nc2cc(C)ccc2C)cc1. The number of rotatable bonds is 7. The van der Waals surface area contributed by atoms with Crippen molar-refractivity contribution in [3.8, 4) is 0 Å². The van der Waals surface area contributed by atoms with Crippen LogP contribution in [0.5, 0.6) is 0 Å². The molecule has 0 unspecified atom stereocenters. The van der Waals surface area contributed by atoms with Crippen LogP contribution in [0.1, 0.15) is 58.5 Å². The molecule has 0 radical (unpaired) electrons. The summed E-state index contributed by atoms with van der Waals surface area (Å²) >= 11 is 0. The van der Waals surface area contributed by atoms with Crippen LogP contribution in [0, 0.1) is 13.8 Å². The van der Waals surface area contributed by atoms with Crippen molar-refractivity contribution in [2.75, 3.05) is 18.4 Å². The topological polar surface area (TPSA) is 49.4 Å². The molecule has 1 N–H and O–H groups in total. The lowest BCUT2D eigenvalue weighted by Gasteiger charge is -2.21. The molecule has 0 spiro atoms. The zero-order chi connectivity index (χ0) is 19.1. The van der Waals surface area contributed by atoms with Gasteiger partial charge in [-0.25, -0.2) is 0 Å². The minimum absolute atomic E-state index is 0.0233. The molecule has 2 rings (SSSR count). The second-order valence-electron chi connectivity index (χ2n) is 6.64. The van der Waals surface area contributed by atoms with Crippen molar-refractivity contribution >= 4 is 17.5 Å². The third-order valence-corrected chi connectivity index (χ3v) is 4.31. The summed E-state index contributed by atoms with van der Waals surface area (Å²) in [6.45, 7) is 9.59. The standard InChI is InChI=1S/C22H28N2O2/c1-5-13-24(14-6-2)22(26)19-11-9-18(10-12-19)21(25)23-20-15-16(3)7-8-17(20)4/h7-12,15H,5-6,13-14H2,1-4H3,(H,23,25). The van der Waals surface area contributed by atoms with Crippen LogP contribution in [0.4, 0.5) is 5.69 Å². The van der Waals surface area contributed by atoms with E-state index in [0.29, 0.717) is 11.1 Å². The Hall–Kier alpha value is -2.62. The van der Waals surface area contributed by atoms with Crippen LogP contribution >= 0.6 is 0 Å². The minimum Gasteiger partial charge on any atom is -0.339 e. The van der Waals surface area contributed by atoms with Gasteiger partial charge < -0.3 is 10.2 Å². The molecule has 0 aliphatic heterocycles. The van der Waals surface area contributed by atoms with Gasteiger partial charge in [0, 0.05) is 29.9 Å². The maximum atomic E-state index is 12.6. The first-order valence-electron chi connectivity index (χ1n) is 9.24. The Bertz CT molecular complexity index is 760. The van der Waals surface area contributed by atoms with E-state index in [9.17, 15) is 9.59 Å². The van der Waals surface area contributed by atoms with Gasteiger partial charge in [0.1, 0.15) is 0 Å². The van der Waals surface area contributed by atoms with Crippen molar-refractivity contribution in [1.82, 2.24) is 4.90 Å². The first kappa shape index (κ1) is 19.7. The molecule has 4 nitrogen and oxygen atoms in total. The van der Waals surface area contributed by atoms with E-state index >= 15 is 0 Å². The molecule has 26 heavy (non-hydrogen) atoms. The molecule has 0 aromatic heterocycles. The third kappa shape index (κ3) is 4.94. The Morgan fingerprint density at radius 3 is 2.04 bits per heavy atom. The van der Waals surface area contributed by atoms with Crippen LogP contribution in [0.2, 0.25) is 0 Å². The first-order chi connectivity index (χ1) is 12.5. The summed E-state index contributed by atoms with van der Waals surface area (Å²) in [6.07, 6.45) is 1.87. The number of carbonyl (C=O) groups excluding carboxylic acids is 2. The quantitative estimate of drug-likeness (QED) is 0.777. The van der Waals surface area contributed by atoms with E-state index in [1.165, 1.54) is 0 Å². The highest BCUT2D eigenvalue weighted by atomic mass is 16.2. The summed E-state index contributed by atoms with van der Waals surface area (Å²) in [7, 11) is 0. The number of nitrogens with zero attached hydrogens (tertiary/aromatic N) is 1. The smallest absolute Gasteiger partial charge is 0.255 e. The lowest BCUT2D eigenvalue weighted by molar-refractivity contribution is 0.0755. The highest BCUT2D eigenvalue weighted by Crippen LogP contribution is 2.18. The Morgan fingerprint density at radius 2 is 1.46 bits per heavy atom. The number of nitrogens with one attached hydrogen (secondary N) is 1. The second-order valence-corrected chi connectivity index (χ2v) is 6.64. The van der Waals surface area contributed by atoms with E-state index in [4.69, 9.17) is 0 Å². The van der Waals surface area contributed by atoms with E-state index in [2.05, 4.69) is 19.2 Å². The number of aryl methyl sites for hydroxylation is 2. The Labute approximate surface area is 156 Å². The van der Waals surface area contributed by atoms with Crippen molar-refractivity contribution in [3.05, 3.63) is 64.7 Å². The summed E-state index contributed by atoms with van der Waals surface area (Å²) in [5.41, 5.74) is 4.09. The normalized spacial score (nSPS) is 10.5. The zero-order valence-electron chi connectivity index (χ0n) is 16.1.